The Balaban J connectivity index is 1.69. The number of azo groups is 1. The van der Waals surface area contributed by atoms with Gasteiger partial charge in [0.15, 0.2) is 0 Å². The van der Waals surface area contributed by atoms with E-state index in [1.807, 2.05) is 30.3 Å². The first-order chi connectivity index (χ1) is 13.1. The molecule has 0 radical (unpaired) electrons. The smallest absolute Gasteiger partial charge is 0.271 e. The van der Waals surface area contributed by atoms with Gasteiger partial charge in [-0.15, -0.1) is 0 Å². The van der Waals surface area contributed by atoms with Crippen LogP contribution in [0.5, 0.6) is 5.75 Å². The number of amides is 1. The van der Waals surface area contributed by atoms with Gasteiger partial charge in [-0.05, 0) is 54.6 Å². The van der Waals surface area contributed by atoms with Gasteiger partial charge in [-0.2, -0.15) is 15.3 Å². The van der Waals surface area contributed by atoms with Crippen molar-refractivity contribution in [3.05, 3.63) is 89.7 Å². The molecule has 1 amide bonds. The molecule has 27 heavy (non-hydrogen) atoms. The largest absolute Gasteiger partial charge is 0.507 e. The number of carbonyl (C=O) groups excluding carboxylic acids is 1. The van der Waals surface area contributed by atoms with Gasteiger partial charge < -0.3 is 5.11 Å². The maximum Gasteiger partial charge on any atom is 0.271 e. The molecule has 0 bridgehead atoms. The molecule has 0 aliphatic heterocycles. The van der Waals surface area contributed by atoms with E-state index in [4.69, 9.17) is 0 Å². The molecule has 0 saturated heterocycles. The number of carbonyl (C=O) groups is 1. The second kappa shape index (κ2) is 8.48. The van der Waals surface area contributed by atoms with Crippen LogP contribution in [0, 0.1) is 5.82 Å². The Morgan fingerprint density at radius 3 is 2.37 bits per heavy atom. The van der Waals surface area contributed by atoms with E-state index in [0.29, 0.717) is 16.9 Å². The average molecular weight is 362 g/mol. The number of halogens is 1. The van der Waals surface area contributed by atoms with Crippen LogP contribution >= 0.6 is 0 Å². The number of hydrazone groups is 1. The van der Waals surface area contributed by atoms with Gasteiger partial charge in [0.05, 0.1) is 17.6 Å². The van der Waals surface area contributed by atoms with Crippen molar-refractivity contribution in [1.29, 1.82) is 0 Å². The summed E-state index contributed by atoms with van der Waals surface area (Å²) in [4.78, 5) is 11.9. The third-order valence-electron chi connectivity index (χ3n) is 3.52. The SMILES string of the molecule is O=C(N/N=C\c1cc(N=Nc2ccccc2)ccc1O)c1ccc(F)cc1. The van der Waals surface area contributed by atoms with Crippen LogP contribution in [0.1, 0.15) is 15.9 Å². The molecule has 2 N–H and O–H groups in total. The standard InChI is InChI=1S/C20H15FN4O2/c21-16-8-6-14(7-9-16)20(27)25-22-13-15-12-18(10-11-19(15)26)24-23-17-4-2-1-3-5-17/h1-13,26H,(H,25,27)/b22-13-,24-23?. The summed E-state index contributed by atoms with van der Waals surface area (Å²) < 4.78 is 12.9. The van der Waals surface area contributed by atoms with Crippen LogP contribution in [0.25, 0.3) is 0 Å². The Labute approximate surface area is 154 Å². The molecule has 7 heteroatoms. The second-order valence-corrected chi connectivity index (χ2v) is 5.48. The molecule has 134 valence electrons. The number of phenolic OH excluding ortho intramolecular Hbond substituents is 1. The van der Waals surface area contributed by atoms with Crippen LogP contribution in [0.3, 0.4) is 0 Å². The average Bonchev–Trinajstić information content (AvgIpc) is 2.69. The van der Waals surface area contributed by atoms with E-state index in [2.05, 4.69) is 20.8 Å². The van der Waals surface area contributed by atoms with E-state index >= 15 is 0 Å². The van der Waals surface area contributed by atoms with Crippen LogP contribution in [0.2, 0.25) is 0 Å². The van der Waals surface area contributed by atoms with Gasteiger partial charge in [0.2, 0.25) is 0 Å². The van der Waals surface area contributed by atoms with Crippen LogP contribution in [-0.2, 0) is 0 Å². The minimum atomic E-state index is -0.495. The summed E-state index contributed by atoms with van der Waals surface area (Å²) in [6.45, 7) is 0. The van der Waals surface area contributed by atoms with E-state index < -0.39 is 11.7 Å². The van der Waals surface area contributed by atoms with E-state index in [1.54, 1.807) is 12.1 Å². The van der Waals surface area contributed by atoms with Crippen molar-refractivity contribution in [2.75, 3.05) is 0 Å². The lowest BCUT2D eigenvalue weighted by Gasteiger charge is -2.01. The fourth-order valence-corrected chi connectivity index (χ4v) is 2.14. The van der Waals surface area contributed by atoms with E-state index in [-0.39, 0.29) is 11.3 Å². The number of phenols is 1. The van der Waals surface area contributed by atoms with Crippen molar-refractivity contribution >= 4 is 23.5 Å². The fourth-order valence-electron chi connectivity index (χ4n) is 2.14. The van der Waals surface area contributed by atoms with Crippen molar-refractivity contribution in [3.63, 3.8) is 0 Å². The van der Waals surface area contributed by atoms with Gasteiger partial charge in [0.1, 0.15) is 11.6 Å². The normalized spacial score (nSPS) is 11.1. The minimum absolute atomic E-state index is 0.0200. The molecule has 3 rings (SSSR count). The van der Waals surface area contributed by atoms with Crippen LogP contribution < -0.4 is 5.43 Å². The van der Waals surface area contributed by atoms with Crippen molar-refractivity contribution in [2.24, 2.45) is 15.3 Å². The molecule has 0 spiro atoms. The molecular formula is C20H15FN4O2. The summed E-state index contributed by atoms with van der Waals surface area (Å²) in [5.74, 6) is -0.944. The number of benzene rings is 3. The summed E-state index contributed by atoms with van der Waals surface area (Å²) in [7, 11) is 0. The summed E-state index contributed by atoms with van der Waals surface area (Å²) in [5, 5.41) is 21.9. The first-order valence-corrected chi connectivity index (χ1v) is 8.00. The molecule has 0 aromatic heterocycles. The van der Waals surface area contributed by atoms with Crippen LogP contribution in [-0.4, -0.2) is 17.2 Å². The Hall–Kier alpha value is -3.87. The highest BCUT2D eigenvalue weighted by Crippen LogP contribution is 2.23. The number of nitrogens with one attached hydrogen (secondary N) is 1. The van der Waals surface area contributed by atoms with E-state index in [9.17, 15) is 14.3 Å². The van der Waals surface area contributed by atoms with Gasteiger partial charge in [0, 0.05) is 11.1 Å². The summed E-state index contributed by atoms with van der Waals surface area (Å²) in [5.41, 5.74) is 4.16. The number of hydrogen-bond acceptors (Lipinski definition) is 5. The highest BCUT2D eigenvalue weighted by atomic mass is 19.1. The maximum absolute atomic E-state index is 12.9. The zero-order valence-corrected chi connectivity index (χ0v) is 14.1. The number of rotatable bonds is 5. The lowest BCUT2D eigenvalue weighted by atomic mass is 10.2. The zero-order chi connectivity index (χ0) is 19.1. The second-order valence-electron chi connectivity index (χ2n) is 5.48. The van der Waals surface area contributed by atoms with Crippen molar-refractivity contribution < 1.29 is 14.3 Å². The maximum atomic E-state index is 12.9. The third-order valence-corrected chi connectivity index (χ3v) is 3.52. The molecule has 6 nitrogen and oxygen atoms in total. The molecule has 0 aliphatic rings. The van der Waals surface area contributed by atoms with Gasteiger partial charge in [-0.25, -0.2) is 9.82 Å². The Bertz CT molecular complexity index is 987. The molecule has 0 heterocycles. The highest BCUT2D eigenvalue weighted by Gasteiger charge is 2.04. The predicted molar refractivity (Wildman–Crippen MR) is 100 cm³/mol. The van der Waals surface area contributed by atoms with Crippen molar-refractivity contribution in [1.82, 2.24) is 5.43 Å². The molecule has 0 unspecified atom stereocenters. The quantitative estimate of drug-likeness (QED) is 0.391. The molecule has 0 saturated carbocycles. The van der Waals surface area contributed by atoms with Gasteiger partial charge in [-0.3, -0.25) is 4.79 Å². The predicted octanol–water partition coefficient (Wildman–Crippen LogP) is 4.71. The highest BCUT2D eigenvalue weighted by molar-refractivity contribution is 5.95. The van der Waals surface area contributed by atoms with Gasteiger partial charge in [-0.1, -0.05) is 18.2 Å². The molecule has 3 aromatic rings. The molecule has 0 aliphatic carbocycles. The summed E-state index contributed by atoms with van der Waals surface area (Å²) >= 11 is 0. The number of hydrogen-bond donors (Lipinski definition) is 2. The Kier molecular flexibility index (Phi) is 5.64. The Morgan fingerprint density at radius 2 is 1.63 bits per heavy atom. The minimum Gasteiger partial charge on any atom is -0.507 e. The number of nitrogens with zero attached hydrogens (tertiary/aromatic N) is 3. The fraction of sp³-hybridized carbons (Fsp3) is 0. The third kappa shape index (κ3) is 5.05. The van der Waals surface area contributed by atoms with Crippen LogP contribution in [0.15, 0.2) is 88.1 Å². The lowest BCUT2D eigenvalue weighted by Crippen LogP contribution is -2.17. The van der Waals surface area contributed by atoms with Crippen molar-refractivity contribution in [2.45, 2.75) is 0 Å². The van der Waals surface area contributed by atoms with E-state index in [1.165, 1.54) is 36.5 Å². The van der Waals surface area contributed by atoms with Gasteiger partial charge >= 0.3 is 0 Å². The molecule has 0 fully saturated rings. The topological polar surface area (TPSA) is 86.4 Å². The lowest BCUT2D eigenvalue weighted by molar-refractivity contribution is 0.0955. The summed E-state index contributed by atoms with van der Waals surface area (Å²) in [6.07, 6.45) is 1.29. The van der Waals surface area contributed by atoms with E-state index in [0.717, 1.165) is 0 Å². The molecular weight excluding hydrogens is 347 g/mol. The summed E-state index contributed by atoms with van der Waals surface area (Å²) in [6, 6.07) is 18.9. The van der Waals surface area contributed by atoms with Gasteiger partial charge in [0.25, 0.3) is 5.91 Å². The monoisotopic (exact) mass is 362 g/mol. The zero-order valence-electron chi connectivity index (χ0n) is 14.1. The molecule has 3 aromatic carbocycles. The molecule has 0 atom stereocenters. The first-order valence-electron chi connectivity index (χ1n) is 8.00. The van der Waals surface area contributed by atoms with Crippen molar-refractivity contribution in [3.8, 4) is 5.75 Å². The van der Waals surface area contributed by atoms with Crippen LogP contribution in [0.4, 0.5) is 15.8 Å². The first kappa shape index (κ1) is 17.9. The number of aromatic hydroxyl groups is 1. The Morgan fingerprint density at radius 1 is 0.926 bits per heavy atom.